The summed E-state index contributed by atoms with van der Waals surface area (Å²) >= 11 is 6.09. The minimum atomic E-state index is -0.752. The van der Waals surface area contributed by atoms with E-state index >= 15 is 0 Å². The Morgan fingerprint density at radius 3 is 2.40 bits per heavy atom. The average Bonchev–Trinajstić information content (AvgIpc) is 3.55. The predicted octanol–water partition coefficient (Wildman–Crippen LogP) is 4.22. The van der Waals surface area contributed by atoms with E-state index in [4.69, 9.17) is 11.6 Å². The van der Waals surface area contributed by atoms with Gasteiger partial charge in [0.25, 0.3) is 5.91 Å². The number of benzene rings is 3. The zero-order valence-corrected chi connectivity index (χ0v) is 23.7. The predicted molar refractivity (Wildman–Crippen MR) is 163 cm³/mol. The van der Waals surface area contributed by atoms with E-state index in [9.17, 15) is 9.59 Å². The lowest BCUT2D eigenvalue weighted by Crippen LogP contribution is -2.55. The number of amides is 2. The van der Waals surface area contributed by atoms with Gasteiger partial charge in [-0.3, -0.25) is 14.6 Å². The lowest BCUT2D eigenvalue weighted by atomic mass is 10.0. The van der Waals surface area contributed by atoms with Crippen molar-refractivity contribution in [1.82, 2.24) is 30.0 Å². The number of aromatic nitrogens is 4. The number of para-hydroxylation sites is 1. The molecule has 6 rings (SSSR count). The molecule has 1 aliphatic rings. The fraction of sp³-hybridized carbons (Fsp3) is 0.219. The Balaban J connectivity index is 1.17. The van der Waals surface area contributed by atoms with Gasteiger partial charge in [0.1, 0.15) is 24.4 Å². The number of nitrogens with zero attached hydrogens (tertiary/aromatic N) is 6. The molecular weight excluding hydrogens is 550 g/mol. The van der Waals surface area contributed by atoms with E-state index in [2.05, 4.69) is 37.4 Å². The topological polar surface area (TPSA) is 96.2 Å². The van der Waals surface area contributed by atoms with Crippen LogP contribution in [0.4, 0.5) is 5.69 Å². The maximum atomic E-state index is 13.9. The fourth-order valence-electron chi connectivity index (χ4n) is 5.33. The van der Waals surface area contributed by atoms with Crippen LogP contribution >= 0.6 is 11.6 Å². The third-order valence-corrected chi connectivity index (χ3v) is 7.79. The number of pyridine rings is 1. The van der Waals surface area contributed by atoms with E-state index in [1.165, 1.54) is 6.33 Å². The van der Waals surface area contributed by atoms with Crippen LogP contribution in [0.3, 0.4) is 0 Å². The van der Waals surface area contributed by atoms with E-state index < -0.39 is 6.04 Å². The van der Waals surface area contributed by atoms with Crippen LogP contribution in [0.5, 0.6) is 0 Å². The Morgan fingerprint density at radius 2 is 1.64 bits per heavy atom. The summed E-state index contributed by atoms with van der Waals surface area (Å²) in [6, 6.07) is 24.3. The Kier molecular flexibility index (Phi) is 8.09. The second kappa shape index (κ2) is 12.4. The number of halogens is 1. The van der Waals surface area contributed by atoms with Gasteiger partial charge in [0.15, 0.2) is 0 Å². The lowest BCUT2D eigenvalue weighted by molar-refractivity contribution is -0.133. The van der Waals surface area contributed by atoms with Crippen molar-refractivity contribution in [3.63, 3.8) is 0 Å². The second-order valence-electron chi connectivity index (χ2n) is 10.3. The molecule has 2 aromatic heterocycles. The van der Waals surface area contributed by atoms with E-state index in [-0.39, 0.29) is 17.5 Å². The van der Waals surface area contributed by atoms with Crippen LogP contribution < -0.4 is 10.2 Å². The van der Waals surface area contributed by atoms with Crippen molar-refractivity contribution < 1.29 is 9.59 Å². The summed E-state index contributed by atoms with van der Waals surface area (Å²) in [5.41, 5.74) is 3.44. The SMILES string of the molecule is O=C(NC(Cc1ccc(Cl)cc1)C(=O)N1CCN(c2ccccc2Cn2cncn2)CC1)c1cc2ccccc2cn1. The molecule has 0 aliphatic carbocycles. The highest BCUT2D eigenvalue weighted by atomic mass is 35.5. The first-order valence-electron chi connectivity index (χ1n) is 13.9. The molecule has 2 amide bonds. The van der Waals surface area contributed by atoms with Crippen molar-refractivity contribution in [2.24, 2.45) is 0 Å². The number of carbonyl (C=O) groups excluding carboxylic acids is 2. The highest BCUT2D eigenvalue weighted by Crippen LogP contribution is 2.23. The number of rotatable bonds is 8. The van der Waals surface area contributed by atoms with E-state index in [1.807, 2.05) is 53.4 Å². The molecule has 0 bridgehead atoms. The molecule has 5 aromatic rings. The molecule has 1 saturated heterocycles. The lowest BCUT2D eigenvalue weighted by Gasteiger charge is -2.38. The van der Waals surface area contributed by atoms with Gasteiger partial charge in [0.2, 0.25) is 5.91 Å². The quantitative estimate of drug-likeness (QED) is 0.296. The van der Waals surface area contributed by atoms with Gasteiger partial charge in [-0.2, -0.15) is 5.10 Å². The van der Waals surface area contributed by atoms with Crippen LogP contribution in [0, 0.1) is 0 Å². The summed E-state index contributed by atoms with van der Waals surface area (Å²) in [5, 5.41) is 9.70. The van der Waals surface area contributed by atoms with Crippen molar-refractivity contribution >= 4 is 39.9 Å². The minimum absolute atomic E-state index is 0.116. The summed E-state index contributed by atoms with van der Waals surface area (Å²) in [4.78, 5) is 39.8. The van der Waals surface area contributed by atoms with Gasteiger partial charge >= 0.3 is 0 Å². The summed E-state index contributed by atoms with van der Waals surface area (Å²) in [5.74, 6) is -0.497. The molecule has 3 aromatic carbocycles. The highest BCUT2D eigenvalue weighted by molar-refractivity contribution is 6.30. The molecule has 212 valence electrons. The second-order valence-corrected chi connectivity index (χ2v) is 10.7. The molecule has 3 heterocycles. The van der Waals surface area contributed by atoms with Gasteiger partial charge in [-0.05, 0) is 40.8 Å². The number of hydrogen-bond acceptors (Lipinski definition) is 6. The monoisotopic (exact) mass is 579 g/mol. The molecule has 9 nitrogen and oxygen atoms in total. The Morgan fingerprint density at radius 1 is 0.905 bits per heavy atom. The maximum Gasteiger partial charge on any atom is 0.270 e. The molecule has 42 heavy (non-hydrogen) atoms. The molecule has 10 heteroatoms. The molecule has 1 unspecified atom stereocenters. The van der Waals surface area contributed by atoms with Crippen molar-refractivity contribution in [3.8, 4) is 0 Å². The molecule has 1 fully saturated rings. The van der Waals surface area contributed by atoms with E-state index in [0.29, 0.717) is 44.2 Å². The summed E-state index contributed by atoms with van der Waals surface area (Å²) in [7, 11) is 0. The van der Waals surface area contributed by atoms with Gasteiger partial charge in [-0.15, -0.1) is 0 Å². The molecule has 1 atom stereocenters. The van der Waals surface area contributed by atoms with Crippen LogP contribution in [-0.4, -0.2) is 68.7 Å². The molecule has 1 N–H and O–H groups in total. The zero-order valence-electron chi connectivity index (χ0n) is 22.9. The number of carbonyl (C=O) groups is 2. The fourth-order valence-corrected chi connectivity index (χ4v) is 5.45. The minimum Gasteiger partial charge on any atom is -0.368 e. The molecule has 0 spiro atoms. The highest BCUT2D eigenvalue weighted by Gasteiger charge is 2.30. The maximum absolute atomic E-state index is 13.9. The van der Waals surface area contributed by atoms with Crippen molar-refractivity contribution in [2.45, 2.75) is 19.0 Å². The third kappa shape index (κ3) is 6.26. The number of piperazine rings is 1. The molecule has 1 aliphatic heterocycles. The number of fused-ring (bicyclic) bond motifs is 1. The summed E-state index contributed by atoms with van der Waals surface area (Å²) in [6.45, 7) is 3.05. The van der Waals surface area contributed by atoms with Crippen LogP contribution in [0.25, 0.3) is 10.8 Å². The van der Waals surface area contributed by atoms with E-state index in [1.54, 1.807) is 35.4 Å². The molecule has 0 saturated carbocycles. The molecule has 0 radical (unpaired) electrons. The summed E-state index contributed by atoms with van der Waals surface area (Å²) < 4.78 is 1.80. The van der Waals surface area contributed by atoms with Crippen LogP contribution in [0.15, 0.2) is 97.7 Å². The summed E-state index contributed by atoms with van der Waals surface area (Å²) in [6.07, 6.45) is 5.26. The number of anilines is 1. The third-order valence-electron chi connectivity index (χ3n) is 7.54. The Hall–Kier alpha value is -4.76. The smallest absolute Gasteiger partial charge is 0.270 e. The van der Waals surface area contributed by atoms with Gasteiger partial charge in [-0.1, -0.05) is 66.2 Å². The first kappa shape index (κ1) is 27.4. The van der Waals surface area contributed by atoms with Crippen molar-refractivity contribution in [2.75, 3.05) is 31.1 Å². The first-order valence-corrected chi connectivity index (χ1v) is 14.3. The van der Waals surface area contributed by atoms with Crippen molar-refractivity contribution in [1.29, 1.82) is 0 Å². The molecular formula is C32H30ClN7O2. The van der Waals surface area contributed by atoms with Crippen LogP contribution in [-0.2, 0) is 17.8 Å². The van der Waals surface area contributed by atoms with Gasteiger partial charge in [0, 0.05) is 54.9 Å². The van der Waals surface area contributed by atoms with Gasteiger partial charge in [-0.25, -0.2) is 9.67 Å². The number of nitrogens with one attached hydrogen (secondary N) is 1. The van der Waals surface area contributed by atoms with Crippen molar-refractivity contribution in [3.05, 3.63) is 120 Å². The Bertz CT molecular complexity index is 1680. The van der Waals surface area contributed by atoms with E-state index in [0.717, 1.165) is 27.6 Å². The standard InChI is InChI=1S/C32H30ClN7O2/c33-27-11-9-23(10-12-27)17-29(37-31(41)28-18-24-5-1-2-6-25(24)19-35-28)32(42)39-15-13-38(14-16-39)30-8-4-3-7-26(30)20-40-22-34-21-36-40/h1-12,18-19,21-22,29H,13-17,20H2,(H,37,41). The van der Waals surface area contributed by atoms with Gasteiger partial charge < -0.3 is 15.1 Å². The Labute approximate surface area is 248 Å². The normalized spacial score (nSPS) is 14.1. The number of hydrogen-bond donors (Lipinski definition) is 1. The van der Waals surface area contributed by atoms with Crippen LogP contribution in [0.1, 0.15) is 21.6 Å². The van der Waals surface area contributed by atoms with Crippen LogP contribution in [0.2, 0.25) is 5.02 Å². The first-order chi connectivity index (χ1) is 20.5. The van der Waals surface area contributed by atoms with Gasteiger partial charge in [0.05, 0.1) is 6.54 Å². The zero-order chi connectivity index (χ0) is 28.9. The average molecular weight is 580 g/mol. The largest absolute Gasteiger partial charge is 0.368 e.